The summed E-state index contributed by atoms with van der Waals surface area (Å²) < 4.78 is 0. The number of para-hydroxylation sites is 2. The van der Waals surface area contributed by atoms with Gasteiger partial charge in [-0.25, -0.2) is 0 Å². The second-order valence-corrected chi connectivity index (χ2v) is 5.21. The van der Waals surface area contributed by atoms with E-state index in [1.165, 1.54) is 0 Å². The van der Waals surface area contributed by atoms with Gasteiger partial charge in [0.15, 0.2) is 0 Å². The van der Waals surface area contributed by atoms with Crippen LogP contribution in [-0.4, -0.2) is 15.9 Å². The molecule has 0 fully saturated rings. The monoisotopic (exact) mass is 299 g/mol. The van der Waals surface area contributed by atoms with Gasteiger partial charge in [0.1, 0.15) is 0 Å². The number of rotatable bonds is 2. The maximum Gasteiger partial charge on any atom is 0.256 e. The van der Waals surface area contributed by atoms with Crippen molar-refractivity contribution in [2.24, 2.45) is 0 Å². The molecule has 23 heavy (non-hydrogen) atoms. The zero-order chi connectivity index (χ0) is 15.6. The van der Waals surface area contributed by atoms with Crippen LogP contribution in [-0.2, 0) is 0 Å². The van der Waals surface area contributed by atoms with E-state index in [0.717, 1.165) is 21.8 Å². The number of fused-ring (bicyclic) bond motifs is 2. The first-order chi connectivity index (χ1) is 11.3. The molecule has 4 heteroatoms. The van der Waals surface area contributed by atoms with E-state index < -0.39 is 0 Å². The van der Waals surface area contributed by atoms with Gasteiger partial charge in [-0.3, -0.25) is 14.8 Å². The molecule has 0 atom stereocenters. The number of carbonyl (C=O) groups is 1. The fourth-order valence-corrected chi connectivity index (χ4v) is 2.69. The Morgan fingerprint density at radius 2 is 1.70 bits per heavy atom. The predicted octanol–water partition coefficient (Wildman–Crippen LogP) is 4.04. The van der Waals surface area contributed by atoms with Gasteiger partial charge in [0.25, 0.3) is 5.91 Å². The van der Waals surface area contributed by atoms with Crippen molar-refractivity contribution in [2.75, 3.05) is 5.32 Å². The highest BCUT2D eigenvalue weighted by atomic mass is 16.1. The molecule has 2 heterocycles. The van der Waals surface area contributed by atoms with Crippen molar-refractivity contribution in [3.05, 3.63) is 78.6 Å². The van der Waals surface area contributed by atoms with Gasteiger partial charge in [-0.15, -0.1) is 0 Å². The molecule has 0 aliphatic carbocycles. The number of nitrogens with zero attached hydrogens (tertiary/aromatic N) is 2. The Labute approximate surface area is 132 Å². The summed E-state index contributed by atoms with van der Waals surface area (Å²) in [6, 6.07) is 18.9. The number of pyridine rings is 2. The van der Waals surface area contributed by atoms with Crippen molar-refractivity contribution in [1.29, 1.82) is 0 Å². The van der Waals surface area contributed by atoms with Crippen molar-refractivity contribution < 1.29 is 4.79 Å². The van der Waals surface area contributed by atoms with Crippen LogP contribution in [0.25, 0.3) is 21.8 Å². The Morgan fingerprint density at radius 3 is 2.65 bits per heavy atom. The lowest BCUT2D eigenvalue weighted by Gasteiger charge is -2.09. The van der Waals surface area contributed by atoms with Crippen molar-refractivity contribution in [1.82, 2.24) is 9.97 Å². The van der Waals surface area contributed by atoms with E-state index in [9.17, 15) is 4.79 Å². The zero-order valence-electron chi connectivity index (χ0n) is 12.2. The van der Waals surface area contributed by atoms with Gasteiger partial charge in [0, 0.05) is 23.2 Å². The quantitative estimate of drug-likeness (QED) is 0.608. The summed E-state index contributed by atoms with van der Waals surface area (Å²) >= 11 is 0. The Bertz CT molecular complexity index is 1020. The van der Waals surface area contributed by atoms with E-state index in [4.69, 9.17) is 0 Å². The predicted molar refractivity (Wildman–Crippen MR) is 91.4 cm³/mol. The lowest BCUT2D eigenvalue weighted by atomic mass is 10.1. The first-order valence-corrected chi connectivity index (χ1v) is 7.32. The molecule has 0 saturated carbocycles. The SMILES string of the molecule is O=C(Nc1cccc2cccnc12)c1ccnc2ccccc12. The van der Waals surface area contributed by atoms with Gasteiger partial charge in [0.2, 0.25) is 0 Å². The lowest BCUT2D eigenvalue weighted by molar-refractivity contribution is 0.102. The van der Waals surface area contributed by atoms with E-state index >= 15 is 0 Å². The van der Waals surface area contributed by atoms with Gasteiger partial charge < -0.3 is 5.32 Å². The van der Waals surface area contributed by atoms with Crippen LogP contribution >= 0.6 is 0 Å². The van der Waals surface area contributed by atoms with Crippen LogP contribution in [0.5, 0.6) is 0 Å². The van der Waals surface area contributed by atoms with Crippen molar-refractivity contribution in [3.63, 3.8) is 0 Å². The molecule has 0 radical (unpaired) electrons. The maximum absolute atomic E-state index is 12.7. The molecule has 0 aliphatic rings. The molecule has 4 nitrogen and oxygen atoms in total. The van der Waals surface area contributed by atoms with Gasteiger partial charge in [-0.2, -0.15) is 0 Å². The van der Waals surface area contributed by atoms with Crippen LogP contribution in [0, 0.1) is 0 Å². The summed E-state index contributed by atoms with van der Waals surface area (Å²) in [7, 11) is 0. The largest absolute Gasteiger partial charge is 0.320 e. The van der Waals surface area contributed by atoms with E-state index in [2.05, 4.69) is 15.3 Å². The van der Waals surface area contributed by atoms with Crippen LogP contribution in [0.1, 0.15) is 10.4 Å². The summed E-state index contributed by atoms with van der Waals surface area (Å²) in [5.74, 6) is -0.165. The molecular formula is C19H13N3O. The number of nitrogens with one attached hydrogen (secondary N) is 1. The Morgan fingerprint density at radius 1 is 0.826 bits per heavy atom. The summed E-state index contributed by atoms with van der Waals surface area (Å²) in [4.78, 5) is 21.4. The summed E-state index contributed by atoms with van der Waals surface area (Å²) in [6.45, 7) is 0. The minimum Gasteiger partial charge on any atom is -0.320 e. The Kier molecular flexibility index (Phi) is 3.20. The fraction of sp³-hybridized carbons (Fsp3) is 0. The summed E-state index contributed by atoms with van der Waals surface area (Å²) in [5, 5.41) is 4.79. The maximum atomic E-state index is 12.7. The van der Waals surface area contributed by atoms with Crippen LogP contribution in [0.15, 0.2) is 73.1 Å². The van der Waals surface area contributed by atoms with E-state index in [-0.39, 0.29) is 5.91 Å². The summed E-state index contributed by atoms with van der Waals surface area (Å²) in [5.41, 5.74) is 2.88. The molecule has 0 spiro atoms. The highest BCUT2D eigenvalue weighted by Gasteiger charge is 2.12. The third-order valence-electron chi connectivity index (χ3n) is 3.77. The van der Waals surface area contributed by atoms with Gasteiger partial charge >= 0.3 is 0 Å². The molecule has 0 unspecified atom stereocenters. The van der Waals surface area contributed by atoms with Crippen molar-refractivity contribution in [3.8, 4) is 0 Å². The summed E-state index contributed by atoms with van der Waals surface area (Å²) in [6.07, 6.45) is 3.37. The molecule has 110 valence electrons. The second-order valence-electron chi connectivity index (χ2n) is 5.21. The van der Waals surface area contributed by atoms with E-state index in [0.29, 0.717) is 11.3 Å². The first kappa shape index (κ1) is 13.4. The molecule has 4 aromatic rings. The molecule has 0 bridgehead atoms. The Hall–Kier alpha value is -3.27. The minimum atomic E-state index is -0.165. The first-order valence-electron chi connectivity index (χ1n) is 7.32. The lowest BCUT2D eigenvalue weighted by Crippen LogP contribution is -2.13. The molecule has 0 aliphatic heterocycles. The molecule has 1 amide bonds. The Balaban J connectivity index is 1.77. The highest BCUT2D eigenvalue weighted by molar-refractivity contribution is 6.14. The van der Waals surface area contributed by atoms with E-state index in [1.54, 1.807) is 18.5 Å². The number of hydrogen-bond acceptors (Lipinski definition) is 3. The number of amides is 1. The third kappa shape index (κ3) is 2.40. The minimum absolute atomic E-state index is 0.165. The highest BCUT2D eigenvalue weighted by Crippen LogP contribution is 2.23. The number of aromatic nitrogens is 2. The topological polar surface area (TPSA) is 54.9 Å². The number of carbonyl (C=O) groups excluding carboxylic acids is 1. The average molecular weight is 299 g/mol. The second kappa shape index (κ2) is 5.50. The molecule has 2 aromatic heterocycles. The van der Waals surface area contributed by atoms with Crippen molar-refractivity contribution in [2.45, 2.75) is 0 Å². The average Bonchev–Trinajstić information content (AvgIpc) is 2.61. The number of benzene rings is 2. The normalized spacial score (nSPS) is 10.8. The molecule has 0 saturated heterocycles. The van der Waals surface area contributed by atoms with Crippen molar-refractivity contribution >= 4 is 33.4 Å². The molecule has 2 aromatic carbocycles. The van der Waals surface area contributed by atoms with Crippen LogP contribution in [0.2, 0.25) is 0 Å². The number of anilines is 1. The van der Waals surface area contributed by atoms with Gasteiger partial charge in [0.05, 0.1) is 22.3 Å². The van der Waals surface area contributed by atoms with Crippen LogP contribution in [0.4, 0.5) is 5.69 Å². The van der Waals surface area contributed by atoms with Gasteiger partial charge in [-0.1, -0.05) is 36.4 Å². The molecule has 4 rings (SSSR count). The third-order valence-corrected chi connectivity index (χ3v) is 3.77. The van der Waals surface area contributed by atoms with E-state index in [1.807, 2.05) is 54.6 Å². The number of hydrogen-bond donors (Lipinski definition) is 1. The molecular weight excluding hydrogens is 286 g/mol. The molecule has 1 N–H and O–H groups in total. The van der Waals surface area contributed by atoms with Crippen LogP contribution in [0.3, 0.4) is 0 Å². The zero-order valence-corrected chi connectivity index (χ0v) is 12.2. The van der Waals surface area contributed by atoms with Crippen LogP contribution < -0.4 is 5.32 Å². The standard InChI is InChI=1S/C19H13N3O/c23-19(15-10-12-20-16-8-2-1-7-14(15)16)22-17-9-3-5-13-6-4-11-21-18(13)17/h1-12H,(H,22,23). The fourth-order valence-electron chi connectivity index (χ4n) is 2.69. The smallest absolute Gasteiger partial charge is 0.256 e. The van der Waals surface area contributed by atoms with Gasteiger partial charge in [-0.05, 0) is 24.3 Å².